The molecule has 0 radical (unpaired) electrons. The number of halogens is 6. The summed E-state index contributed by atoms with van der Waals surface area (Å²) in [5.41, 5.74) is 0.764. The molecule has 0 fully saturated rings. The first-order chi connectivity index (χ1) is 16.0. The van der Waals surface area contributed by atoms with Crippen molar-refractivity contribution in [2.24, 2.45) is 5.92 Å². The van der Waals surface area contributed by atoms with Crippen LogP contribution in [0.1, 0.15) is 46.4 Å². The first-order valence-corrected chi connectivity index (χ1v) is 11.6. The molecule has 1 atom stereocenters. The van der Waals surface area contributed by atoms with Crippen LogP contribution in [0.5, 0.6) is 5.75 Å². The predicted octanol–water partition coefficient (Wildman–Crippen LogP) is 6.29. The Labute approximate surface area is 210 Å². The van der Waals surface area contributed by atoms with Gasteiger partial charge in [0.15, 0.2) is 3.79 Å². The smallest absolute Gasteiger partial charge is 0.406 e. The van der Waals surface area contributed by atoms with Crippen molar-refractivity contribution in [3.05, 3.63) is 65.7 Å². The van der Waals surface area contributed by atoms with Gasteiger partial charge in [-0.2, -0.15) is 0 Å². The molecule has 2 N–H and O–H groups in total. The Bertz CT molecular complexity index is 921. The van der Waals surface area contributed by atoms with Gasteiger partial charge in [0.2, 0.25) is 0 Å². The molecule has 186 valence electrons. The minimum Gasteiger partial charge on any atom is -0.406 e. The Balaban J connectivity index is 1.72. The van der Waals surface area contributed by atoms with Gasteiger partial charge in [-0.3, -0.25) is 9.59 Å². The van der Waals surface area contributed by atoms with E-state index in [1.54, 1.807) is 24.3 Å². The topological polar surface area (TPSA) is 67.4 Å². The van der Waals surface area contributed by atoms with E-state index in [9.17, 15) is 22.8 Å². The third-order valence-corrected chi connectivity index (χ3v) is 5.80. The van der Waals surface area contributed by atoms with Crippen LogP contribution in [-0.4, -0.2) is 35.1 Å². The Morgan fingerprint density at radius 3 is 1.71 bits per heavy atom. The van der Waals surface area contributed by atoms with E-state index in [1.807, 2.05) is 6.07 Å². The molecule has 2 aromatic rings. The highest BCUT2D eigenvalue weighted by Gasteiger charge is 2.32. The van der Waals surface area contributed by atoms with Crippen molar-refractivity contribution in [3.63, 3.8) is 0 Å². The molecule has 1 unspecified atom stereocenters. The van der Waals surface area contributed by atoms with Gasteiger partial charge in [0, 0.05) is 30.1 Å². The quantitative estimate of drug-likeness (QED) is 0.260. The molecular formula is C23H24Cl3F3N2O3. The Kier molecular flexibility index (Phi) is 10.8. The van der Waals surface area contributed by atoms with Gasteiger partial charge in [0.25, 0.3) is 11.8 Å². The molecule has 0 bridgehead atoms. The molecule has 5 nitrogen and oxygen atoms in total. The maximum absolute atomic E-state index is 12.2. The number of carbonyl (C=O) groups excluding carboxylic acids is 2. The molecule has 2 amide bonds. The molecule has 0 aromatic heterocycles. The Morgan fingerprint density at radius 2 is 1.26 bits per heavy atom. The number of hydrogen-bond acceptors (Lipinski definition) is 3. The summed E-state index contributed by atoms with van der Waals surface area (Å²) in [7, 11) is 0. The minimum absolute atomic E-state index is 0.174. The average molecular weight is 540 g/mol. The minimum atomic E-state index is -4.80. The zero-order valence-corrected chi connectivity index (χ0v) is 20.3. The lowest BCUT2D eigenvalue weighted by atomic mass is 9.99. The van der Waals surface area contributed by atoms with E-state index >= 15 is 0 Å². The maximum atomic E-state index is 12.2. The largest absolute Gasteiger partial charge is 0.573 e. The van der Waals surface area contributed by atoms with Crippen molar-refractivity contribution in [1.29, 1.82) is 0 Å². The van der Waals surface area contributed by atoms with Crippen LogP contribution in [0.2, 0.25) is 0 Å². The van der Waals surface area contributed by atoms with Crippen LogP contribution in [0.25, 0.3) is 0 Å². The molecule has 0 aliphatic heterocycles. The molecular weight excluding hydrogens is 516 g/mol. The van der Waals surface area contributed by atoms with Crippen molar-refractivity contribution in [2.45, 2.75) is 35.8 Å². The predicted molar refractivity (Wildman–Crippen MR) is 126 cm³/mol. The lowest BCUT2D eigenvalue weighted by molar-refractivity contribution is -0.274. The summed E-state index contributed by atoms with van der Waals surface area (Å²) in [5, 5.41) is 5.51. The van der Waals surface area contributed by atoms with E-state index in [0.29, 0.717) is 44.3 Å². The van der Waals surface area contributed by atoms with Crippen LogP contribution >= 0.6 is 34.8 Å². The number of rotatable bonds is 11. The van der Waals surface area contributed by atoms with Gasteiger partial charge in [-0.1, -0.05) is 53.0 Å². The van der Waals surface area contributed by atoms with E-state index in [0.717, 1.165) is 12.1 Å². The fraction of sp³-hybridized carbons (Fsp3) is 0.391. The van der Waals surface area contributed by atoms with Gasteiger partial charge >= 0.3 is 6.36 Å². The second kappa shape index (κ2) is 13.1. The standard InChI is InChI=1S/C23H24Cl3F3N2O3/c24-22(25,26)18(8-4-14-30-20(32)16-6-2-1-3-7-16)9-5-15-31-21(33)17-10-12-19(13-11-17)34-23(27,28)29/h1-3,6-7,10-13,18H,4-5,8-9,14-15H2,(H,30,32)(H,31,33). The summed E-state index contributed by atoms with van der Waals surface area (Å²) in [6.45, 7) is 0.720. The van der Waals surface area contributed by atoms with E-state index in [4.69, 9.17) is 34.8 Å². The lowest BCUT2D eigenvalue weighted by Crippen LogP contribution is -2.28. The van der Waals surface area contributed by atoms with Gasteiger partial charge in [-0.25, -0.2) is 0 Å². The van der Waals surface area contributed by atoms with Crippen LogP contribution in [0.4, 0.5) is 13.2 Å². The fourth-order valence-corrected chi connectivity index (χ4v) is 3.83. The van der Waals surface area contributed by atoms with Crippen molar-refractivity contribution >= 4 is 46.6 Å². The van der Waals surface area contributed by atoms with Crippen LogP contribution in [0, 0.1) is 5.92 Å². The highest BCUT2D eigenvalue weighted by Crippen LogP contribution is 2.40. The Morgan fingerprint density at radius 1 is 0.794 bits per heavy atom. The summed E-state index contributed by atoms with van der Waals surface area (Å²) < 4.78 is 38.9. The number of ether oxygens (including phenoxy) is 1. The van der Waals surface area contributed by atoms with Gasteiger partial charge in [0.05, 0.1) is 0 Å². The molecule has 0 aliphatic carbocycles. The molecule has 0 heterocycles. The van der Waals surface area contributed by atoms with E-state index in [2.05, 4.69) is 15.4 Å². The number of hydrogen-bond donors (Lipinski definition) is 2. The third kappa shape index (κ3) is 10.4. The summed E-state index contributed by atoms with van der Waals surface area (Å²) in [5.74, 6) is -1.31. The van der Waals surface area contributed by atoms with Crippen LogP contribution < -0.4 is 15.4 Å². The molecule has 0 aliphatic rings. The van der Waals surface area contributed by atoms with Crippen molar-refractivity contribution in [3.8, 4) is 5.75 Å². The SMILES string of the molecule is O=C(NCCCC(CCCNC(=O)c1ccc(OC(F)(F)F)cc1)C(Cl)(Cl)Cl)c1ccccc1. The van der Waals surface area contributed by atoms with Gasteiger partial charge in [-0.05, 0) is 62.1 Å². The number of carbonyl (C=O) groups is 2. The summed E-state index contributed by atoms with van der Waals surface area (Å²) in [6.07, 6.45) is -2.59. The molecule has 0 saturated carbocycles. The summed E-state index contributed by atoms with van der Waals surface area (Å²) in [4.78, 5) is 24.3. The summed E-state index contributed by atoms with van der Waals surface area (Å²) in [6, 6.07) is 13.4. The van der Waals surface area contributed by atoms with Crippen molar-refractivity contribution in [1.82, 2.24) is 10.6 Å². The second-order valence-corrected chi connectivity index (χ2v) is 9.84. The number of alkyl halides is 6. The van der Waals surface area contributed by atoms with Crippen LogP contribution in [-0.2, 0) is 0 Å². The van der Waals surface area contributed by atoms with Crippen molar-refractivity contribution in [2.75, 3.05) is 13.1 Å². The van der Waals surface area contributed by atoms with Crippen LogP contribution in [0.3, 0.4) is 0 Å². The molecule has 0 saturated heterocycles. The van der Waals surface area contributed by atoms with E-state index in [-0.39, 0.29) is 17.4 Å². The van der Waals surface area contributed by atoms with Gasteiger partial charge in [0.1, 0.15) is 5.75 Å². The molecule has 11 heteroatoms. The highest BCUT2D eigenvalue weighted by atomic mass is 35.6. The number of nitrogens with one attached hydrogen (secondary N) is 2. The monoisotopic (exact) mass is 538 g/mol. The molecule has 2 rings (SSSR count). The Hall–Kier alpha value is -2.16. The first-order valence-electron chi connectivity index (χ1n) is 10.5. The average Bonchev–Trinajstić information content (AvgIpc) is 2.76. The highest BCUT2D eigenvalue weighted by molar-refractivity contribution is 6.67. The summed E-state index contributed by atoms with van der Waals surface area (Å²) >= 11 is 18.3. The van der Waals surface area contributed by atoms with Crippen LogP contribution in [0.15, 0.2) is 54.6 Å². The molecule has 0 spiro atoms. The zero-order valence-electron chi connectivity index (χ0n) is 18.0. The second-order valence-electron chi connectivity index (χ2n) is 7.47. The van der Waals surface area contributed by atoms with E-state index < -0.39 is 21.8 Å². The first kappa shape index (κ1) is 28.1. The molecule has 34 heavy (non-hydrogen) atoms. The maximum Gasteiger partial charge on any atom is 0.573 e. The van der Waals surface area contributed by atoms with Crippen molar-refractivity contribution < 1.29 is 27.5 Å². The lowest BCUT2D eigenvalue weighted by Gasteiger charge is -2.24. The third-order valence-electron chi connectivity index (χ3n) is 4.88. The number of amides is 2. The van der Waals surface area contributed by atoms with Gasteiger partial charge < -0.3 is 15.4 Å². The zero-order chi connectivity index (χ0) is 25.2. The number of benzene rings is 2. The van der Waals surface area contributed by atoms with E-state index in [1.165, 1.54) is 12.1 Å². The van der Waals surface area contributed by atoms with Gasteiger partial charge in [-0.15, -0.1) is 13.2 Å². The molecule has 2 aromatic carbocycles. The normalized spacial score (nSPS) is 12.6. The fourth-order valence-electron chi connectivity index (χ4n) is 3.17.